The van der Waals surface area contributed by atoms with Gasteiger partial charge in [0.15, 0.2) is 5.76 Å². The number of nitrogens with zero attached hydrogens (tertiary/aromatic N) is 1. The minimum Gasteiger partial charge on any atom is -0.478 e. The summed E-state index contributed by atoms with van der Waals surface area (Å²) in [6.45, 7) is 2.60. The highest BCUT2D eigenvalue weighted by Gasteiger charge is 2.33. The molecule has 6 heteroatoms. The molecule has 5 nitrogen and oxygen atoms in total. The maximum Gasteiger partial charge on any atom is 0.232 e. The van der Waals surface area contributed by atoms with Crippen molar-refractivity contribution in [3.63, 3.8) is 0 Å². The summed E-state index contributed by atoms with van der Waals surface area (Å²) in [4.78, 5) is 15.7. The fourth-order valence-corrected chi connectivity index (χ4v) is 3.52. The van der Waals surface area contributed by atoms with Crippen LogP contribution in [0, 0.1) is 0 Å². The molecule has 0 aliphatic carbocycles. The third kappa shape index (κ3) is 2.73. The molecule has 0 unspecified atom stereocenters. The zero-order valence-corrected chi connectivity index (χ0v) is 14.1. The van der Waals surface area contributed by atoms with Gasteiger partial charge in [0.2, 0.25) is 5.78 Å². The van der Waals surface area contributed by atoms with Crippen molar-refractivity contribution in [1.29, 1.82) is 0 Å². The topological polar surface area (TPSA) is 48.0 Å². The molecule has 0 spiro atoms. The minimum absolute atomic E-state index is 0.0739. The third-order valence-electron chi connectivity index (χ3n) is 4.11. The molecule has 124 valence electrons. The van der Waals surface area contributed by atoms with Gasteiger partial charge >= 0.3 is 0 Å². The first-order valence-electron chi connectivity index (χ1n) is 7.74. The van der Waals surface area contributed by atoms with Crippen LogP contribution < -0.4 is 9.47 Å². The first kappa shape index (κ1) is 15.4. The second-order valence-electron chi connectivity index (χ2n) is 5.69. The van der Waals surface area contributed by atoms with E-state index in [0.717, 1.165) is 22.7 Å². The van der Waals surface area contributed by atoms with Crippen LogP contribution in [-0.4, -0.2) is 37.7 Å². The molecule has 2 aliphatic heterocycles. The maximum absolute atomic E-state index is 12.6. The van der Waals surface area contributed by atoms with Crippen LogP contribution in [0.3, 0.4) is 0 Å². The summed E-state index contributed by atoms with van der Waals surface area (Å²) in [7, 11) is 1.68. The predicted molar refractivity (Wildman–Crippen MR) is 91.5 cm³/mol. The average molecular weight is 343 g/mol. The monoisotopic (exact) mass is 343 g/mol. The van der Waals surface area contributed by atoms with Gasteiger partial charge in [-0.25, -0.2) is 0 Å². The number of fused-ring (bicyclic) bond motifs is 3. The van der Waals surface area contributed by atoms with Gasteiger partial charge in [0.05, 0.1) is 17.7 Å². The van der Waals surface area contributed by atoms with E-state index in [1.807, 2.05) is 23.6 Å². The Morgan fingerprint density at radius 1 is 1.38 bits per heavy atom. The number of thiophene rings is 1. The number of ether oxygens (including phenoxy) is 3. The van der Waals surface area contributed by atoms with Gasteiger partial charge in [0.25, 0.3) is 0 Å². The molecule has 0 radical (unpaired) electrons. The maximum atomic E-state index is 12.6. The fraction of sp³-hybridized carbons (Fsp3) is 0.278. The number of methoxy groups -OCH3 is 1. The molecule has 4 rings (SSSR count). The van der Waals surface area contributed by atoms with Gasteiger partial charge in [0, 0.05) is 31.2 Å². The summed E-state index contributed by atoms with van der Waals surface area (Å²) in [6, 6.07) is 7.56. The normalized spacial score (nSPS) is 18.2. The molecule has 0 atom stereocenters. The highest BCUT2D eigenvalue weighted by molar-refractivity contribution is 7.10. The van der Waals surface area contributed by atoms with Crippen molar-refractivity contribution in [3.05, 3.63) is 51.4 Å². The number of carbonyl (C=O) groups is 1. The smallest absolute Gasteiger partial charge is 0.232 e. The first-order chi connectivity index (χ1) is 11.8. The molecule has 0 saturated carbocycles. The molecule has 0 amide bonds. The number of benzene rings is 1. The van der Waals surface area contributed by atoms with Gasteiger partial charge in [-0.15, -0.1) is 11.3 Å². The zero-order chi connectivity index (χ0) is 16.5. The molecular formula is C18H17NO4S. The molecule has 0 fully saturated rings. The van der Waals surface area contributed by atoms with E-state index in [2.05, 4.69) is 4.90 Å². The van der Waals surface area contributed by atoms with Crippen LogP contribution in [0.15, 0.2) is 35.4 Å². The van der Waals surface area contributed by atoms with Gasteiger partial charge in [-0.1, -0.05) is 6.07 Å². The summed E-state index contributed by atoms with van der Waals surface area (Å²) in [5.41, 5.74) is 1.53. The minimum atomic E-state index is -0.0739. The van der Waals surface area contributed by atoms with Gasteiger partial charge in [-0.05, 0) is 23.6 Å². The fourth-order valence-electron chi connectivity index (χ4n) is 2.87. The average Bonchev–Trinajstić information content (AvgIpc) is 3.22. The van der Waals surface area contributed by atoms with Crippen LogP contribution in [-0.2, 0) is 11.3 Å². The van der Waals surface area contributed by atoms with Crippen molar-refractivity contribution < 1.29 is 19.0 Å². The van der Waals surface area contributed by atoms with Gasteiger partial charge < -0.3 is 14.2 Å². The third-order valence-corrected chi connectivity index (χ3v) is 4.93. The first-order valence-corrected chi connectivity index (χ1v) is 8.62. The summed E-state index contributed by atoms with van der Waals surface area (Å²) in [5, 5.41) is 1.97. The number of hydrogen-bond acceptors (Lipinski definition) is 6. The van der Waals surface area contributed by atoms with Gasteiger partial charge in [0.1, 0.15) is 18.2 Å². The highest BCUT2D eigenvalue weighted by Crippen LogP contribution is 2.42. The van der Waals surface area contributed by atoms with Gasteiger partial charge in [-0.2, -0.15) is 0 Å². The molecule has 0 saturated heterocycles. The van der Waals surface area contributed by atoms with E-state index >= 15 is 0 Å². The molecule has 1 aromatic heterocycles. The largest absolute Gasteiger partial charge is 0.478 e. The SMILES string of the molecule is COCCN1COc2ccc3c(c2C1)O/C(=C\c1cccs1)C3=O. The second-order valence-corrected chi connectivity index (χ2v) is 6.67. The number of hydrogen-bond donors (Lipinski definition) is 0. The summed E-state index contributed by atoms with van der Waals surface area (Å²) in [5.74, 6) is 1.71. The standard InChI is InChI=1S/C18H17NO4S/c1-21-7-6-19-10-14-15(22-11-19)5-4-13-17(20)16(23-18(13)14)9-12-3-2-8-24-12/h2-5,8-9H,6-7,10-11H2,1H3/b16-9-. The Labute approximate surface area is 144 Å². The van der Waals surface area contributed by atoms with E-state index in [4.69, 9.17) is 14.2 Å². The van der Waals surface area contributed by atoms with E-state index in [-0.39, 0.29) is 5.78 Å². The number of rotatable bonds is 4. The molecule has 3 heterocycles. The molecule has 0 bridgehead atoms. The van der Waals surface area contributed by atoms with Crippen molar-refractivity contribution in [1.82, 2.24) is 4.90 Å². The molecule has 24 heavy (non-hydrogen) atoms. The van der Waals surface area contributed by atoms with E-state index in [9.17, 15) is 4.79 Å². The summed E-state index contributed by atoms with van der Waals surface area (Å²) in [6.07, 6.45) is 1.80. The van der Waals surface area contributed by atoms with Crippen LogP contribution >= 0.6 is 11.3 Å². The number of ketones is 1. The van der Waals surface area contributed by atoms with E-state index < -0.39 is 0 Å². The number of allylic oxidation sites excluding steroid dienone is 1. The van der Waals surface area contributed by atoms with Crippen molar-refractivity contribution in [2.24, 2.45) is 0 Å². The lowest BCUT2D eigenvalue weighted by Crippen LogP contribution is -2.34. The number of Topliss-reactive ketones (excluding diaryl/α,β-unsaturated/α-hetero) is 1. The second kappa shape index (κ2) is 6.39. The van der Waals surface area contributed by atoms with Crippen LogP contribution in [0.5, 0.6) is 11.5 Å². The van der Waals surface area contributed by atoms with Crippen molar-refractivity contribution in [2.75, 3.05) is 27.0 Å². The van der Waals surface area contributed by atoms with Crippen LogP contribution in [0.4, 0.5) is 0 Å². The highest BCUT2D eigenvalue weighted by atomic mass is 32.1. The van der Waals surface area contributed by atoms with Gasteiger partial charge in [-0.3, -0.25) is 9.69 Å². The Morgan fingerprint density at radius 3 is 3.08 bits per heavy atom. The van der Waals surface area contributed by atoms with Crippen LogP contribution in [0.1, 0.15) is 20.8 Å². The van der Waals surface area contributed by atoms with E-state index in [0.29, 0.717) is 37.0 Å². The van der Waals surface area contributed by atoms with Crippen LogP contribution in [0.25, 0.3) is 6.08 Å². The number of carbonyl (C=O) groups excluding carboxylic acids is 1. The Morgan fingerprint density at radius 2 is 2.29 bits per heavy atom. The van der Waals surface area contributed by atoms with Crippen molar-refractivity contribution in [3.8, 4) is 11.5 Å². The molecule has 0 N–H and O–H groups in total. The van der Waals surface area contributed by atoms with Crippen LogP contribution in [0.2, 0.25) is 0 Å². The van der Waals surface area contributed by atoms with E-state index in [1.165, 1.54) is 0 Å². The van der Waals surface area contributed by atoms with E-state index in [1.54, 1.807) is 30.6 Å². The lowest BCUT2D eigenvalue weighted by Gasteiger charge is -2.29. The zero-order valence-electron chi connectivity index (χ0n) is 13.3. The quantitative estimate of drug-likeness (QED) is 0.798. The predicted octanol–water partition coefficient (Wildman–Crippen LogP) is 3.16. The molecule has 2 aliphatic rings. The Balaban J connectivity index is 1.65. The summed E-state index contributed by atoms with van der Waals surface area (Å²) >= 11 is 1.57. The Hall–Kier alpha value is -2.15. The lowest BCUT2D eigenvalue weighted by atomic mass is 10.0. The lowest BCUT2D eigenvalue weighted by molar-refractivity contribution is 0.0646. The summed E-state index contributed by atoms with van der Waals surface area (Å²) < 4.78 is 16.8. The van der Waals surface area contributed by atoms with Crippen molar-refractivity contribution >= 4 is 23.2 Å². The Kier molecular flexibility index (Phi) is 4.10. The molecule has 1 aromatic carbocycles. The molecular weight excluding hydrogens is 326 g/mol. The Bertz CT molecular complexity index is 798. The molecule has 2 aromatic rings. The van der Waals surface area contributed by atoms with Crippen molar-refractivity contribution in [2.45, 2.75) is 6.54 Å².